The van der Waals surface area contributed by atoms with Gasteiger partial charge in [0.2, 0.25) is 0 Å². The zero-order valence-electron chi connectivity index (χ0n) is 37.4. The topological polar surface area (TPSA) is 133 Å². The Bertz CT molecular complexity index is 2450. The fraction of sp³-hybridized carbons (Fsp3) is 0.531. The Morgan fingerprint density at radius 2 is 1.66 bits per heavy atom. The van der Waals surface area contributed by atoms with E-state index in [1.807, 2.05) is 75.5 Å². The third-order valence-corrected chi connectivity index (χ3v) is 14.5. The molecule has 10 rings (SSSR count). The van der Waals surface area contributed by atoms with Crippen LogP contribution >= 0.6 is 11.3 Å². The van der Waals surface area contributed by atoms with Crippen molar-refractivity contribution in [2.75, 3.05) is 50.2 Å². The van der Waals surface area contributed by atoms with Gasteiger partial charge in [-0.3, -0.25) is 14.8 Å². The summed E-state index contributed by atoms with van der Waals surface area (Å²) in [6.07, 6.45) is 9.43. The van der Waals surface area contributed by atoms with Crippen LogP contribution in [0.15, 0.2) is 60.8 Å². The summed E-state index contributed by atoms with van der Waals surface area (Å²) in [6.45, 7) is 17.7. The Morgan fingerprint density at radius 1 is 0.887 bits per heavy atom. The highest BCUT2D eigenvalue weighted by molar-refractivity contribution is 7.22. The van der Waals surface area contributed by atoms with Gasteiger partial charge in [-0.2, -0.15) is 5.10 Å². The zero-order chi connectivity index (χ0) is 43.5. The summed E-state index contributed by atoms with van der Waals surface area (Å²) in [5.74, 6) is -0.0213. The molecule has 4 fully saturated rings. The number of hydrogen-bond donors (Lipinski definition) is 2. The number of carbonyl (C=O) groups excluding carboxylic acids is 2. The van der Waals surface area contributed by atoms with Crippen molar-refractivity contribution in [3.05, 3.63) is 88.9 Å². The molecule has 2 unspecified atom stereocenters. The van der Waals surface area contributed by atoms with Gasteiger partial charge in [-0.1, -0.05) is 49.4 Å². The highest BCUT2D eigenvalue weighted by atomic mass is 32.1. The Kier molecular flexibility index (Phi) is 11.1. The number of fused-ring (bicyclic) bond motifs is 2. The van der Waals surface area contributed by atoms with E-state index in [1.54, 1.807) is 7.11 Å². The van der Waals surface area contributed by atoms with Crippen molar-refractivity contribution < 1.29 is 23.8 Å². The Balaban J connectivity index is 0.978. The van der Waals surface area contributed by atoms with Crippen molar-refractivity contribution >= 4 is 44.4 Å². The zero-order valence-corrected chi connectivity index (χ0v) is 38.2. The molecule has 0 radical (unpaired) electrons. The summed E-state index contributed by atoms with van der Waals surface area (Å²) in [6, 6.07) is 17.7. The minimum atomic E-state index is -0.719. The lowest BCUT2D eigenvalue weighted by Gasteiger charge is -2.69. The molecule has 0 spiro atoms. The number of thiazole rings is 1. The summed E-state index contributed by atoms with van der Waals surface area (Å²) in [5.41, 5.74) is 6.00. The number of aromatic nitrogens is 4. The quantitative estimate of drug-likeness (QED) is 0.0824. The number of rotatable bonds is 14. The SMILES string of the molecule is COCCNCCOC12CC3(C)CC(C)(CC(Cn4ncc(-c5ccc(N6CCc7cccc(C(=O)Nc8nc9ccccc9s8)c7C6)nc5C(=O)OC(C)(C)C)c4C)(C3)C1)C2. The molecule has 1 aliphatic heterocycles. The number of nitrogens with zero attached hydrogens (tertiary/aromatic N) is 5. The first-order valence-electron chi connectivity index (χ1n) is 22.2. The van der Waals surface area contributed by atoms with Crippen LogP contribution in [0.1, 0.15) is 111 Å². The maximum atomic E-state index is 14.1. The normalized spacial score (nSPS) is 25.3. The lowest BCUT2D eigenvalue weighted by molar-refractivity contribution is -0.247. The molecule has 3 aromatic heterocycles. The van der Waals surface area contributed by atoms with E-state index >= 15 is 0 Å². The number of pyridine rings is 1. The van der Waals surface area contributed by atoms with Crippen molar-refractivity contribution in [2.24, 2.45) is 16.2 Å². The summed E-state index contributed by atoms with van der Waals surface area (Å²) >= 11 is 1.46. The summed E-state index contributed by atoms with van der Waals surface area (Å²) in [7, 11) is 1.73. The van der Waals surface area contributed by atoms with Crippen LogP contribution in [0.25, 0.3) is 21.3 Å². The number of nitrogens with one attached hydrogen (secondary N) is 2. The average molecular weight is 860 g/mol. The molecule has 0 saturated heterocycles. The van der Waals surface area contributed by atoms with Gasteiger partial charge >= 0.3 is 5.97 Å². The molecule has 1 amide bonds. The van der Waals surface area contributed by atoms with Gasteiger partial charge in [-0.25, -0.2) is 14.8 Å². The molecule has 5 aromatic rings. The maximum Gasteiger partial charge on any atom is 0.358 e. The molecule has 4 heterocycles. The smallest absolute Gasteiger partial charge is 0.358 e. The van der Waals surface area contributed by atoms with Gasteiger partial charge in [-0.15, -0.1) is 0 Å². The van der Waals surface area contributed by atoms with Gasteiger partial charge in [0.15, 0.2) is 10.8 Å². The molecule has 2 atom stereocenters. The van der Waals surface area contributed by atoms with E-state index in [1.165, 1.54) is 17.8 Å². The van der Waals surface area contributed by atoms with E-state index in [9.17, 15) is 9.59 Å². The second-order valence-corrected chi connectivity index (χ2v) is 21.4. The second-order valence-electron chi connectivity index (χ2n) is 20.4. The molecular weight excluding hydrogens is 799 g/mol. The number of amides is 1. The van der Waals surface area contributed by atoms with E-state index < -0.39 is 11.6 Å². The minimum Gasteiger partial charge on any atom is -0.455 e. The fourth-order valence-electron chi connectivity index (χ4n) is 12.4. The molecule has 4 aliphatic carbocycles. The lowest BCUT2D eigenvalue weighted by atomic mass is 9.39. The largest absolute Gasteiger partial charge is 0.455 e. The number of esters is 1. The molecule has 5 aliphatic rings. The predicted octanol–water partition coefficient (Wildman–Crippen LogP) is 9.01. The summed E-state index contributed by atoms with van der Waals surface area (Å²) < 4.78 is 21.3. The monoisotopic (exact) mass is 859 g/mol. The third kappa shape index (κ3) is 8.53. The fourth-order valence-corrected chi connectivity index (χ4v) is 13.2. The van der Waals surface area contributed by atoms with E-state index in [0.29, 0.717) is 48.4 Å². The first-order chi connectivity index (χ1) is 29.6. The Labute approximate surface area is 369 Å². The maximum absolute atomic E-state index is 14.1. The standard InChI is InChI=1S/C49H61N7O5S/c1-32-36(23-51-56(32)31-48-26-46(5)25-47(6,27-48)29-49(28-46,30-48)60-22-19-50-18-21-59-7)34-15-16-40(53-41(34)43(58)61-45(2,3)4)55-20-17-33-11-10-12-35(37(33)24-55)42(57)54-44-52-38-13-8-9-14-39(38)62-44/h8-16,23,50H,17-22,24-31H2,1-7H3,(H,52,54,57). The molecule has 12 nitrogen and oxygen atoms in total. The van der Waals surface area contributed by atoms with E-state index in [0.717, 1.165) is 90.8 Å². The highest BCUT2D eigenvalue weighted by Crippen LogP contribution is 2.72. The van der Waals surface area contributed by atoms with E-state index in [-0.39, 0.29) is 33.4 Å². The van der Waals surface area contributed by atoms with Crippen molar-refractivity contribution in [3.63, 3.8) is 0 Å². The second kappa shape index (κ2) is 16.1. The van der Waals surface area contributed by atoms with Gasteiger partial charge in [-0.05, 0) is 130 Å². The molecule has 13 heteroatoms. The molecule has 328 valence electrons. The lowest BCUT2D eigenvalue weighted by Crippen LogP contribution is -2.64. The first-order valence-corrected chi connectivity index (χ1v) is 23.0. The number of anilines is 2. The van der Waals surface area contributed by atoms with Crippen LogP contribution in [0.2, 0.25) is 0 Å². The van der Waals surface area contributed by atoms with Crippen LogP contribution in [-0.2, 0) is 33.7 Å². The Hall–Kier alpha value is -4.69. The summed E-state index contributed by atoms with van der Waals surface area (Å²) in [5, 5.41) is 12.1. The molecule has 62 heavy (non-hydrogen) atoms. The number of ether oxygens (including phenoxy) is 3. The first kappa shape index (κ1) is 42.6. The van der Waals surface area contributed by atoms with Gasteiger partial charge in [0.05, 0.1) is 35.2 Å². The van der Waals surface area contributed by atoms with Crippen LogP contribution in [0.5, 0.6) is 0 Å². The van der Waals surface area contributed by atoms with Crippen molar-refractivity contribution in [2.45, 2.75) is 111 Å². The van der Waals surface area contributed by atoms with Crippen LogP contribution in [0, 0.1) is 23.2 Å². The third-order valence-electron chi connectivity index (χ3n) is 13.5. The van der Waals surface area contributed by atoms with Crippen molar-refractivity contribution in [3.8, 4) is 11.1 Å². The van der Waals surface area contributed by atoms with E-state index in [2.05, 4.69) is 52.0 Å². The van der Waals surface area contributed by atoms with Crippen LogP contribution in [0.3, 0.4) is 0 Å². The van der Waals surface area contributed by atoms with Gasteiger partial charge in [0, 0.05) is 62.2 Å². The number of benzene rings is 2. The number of methoxy groups -OCH3 is 1. The van der Waals surface area contributed by atoms with Gasteiger partial charge < -0.3 is 24.4 Å². The molecule has 4 bridgehead atoms. The van der Waals surface area contributed by atoms with E-state index in [4.69, 9.17) is 24.3 Å². The average Bonchev–Trinajstić information content (AvgIpc) is 3.77. The van der Waals surface area contributed by atoms with Gasteiger partial charge in [0.1, 0.15) is 11.4 Å². The molecule has 4 saturated carbocycles. The molecular formula is C49H61N7O5S. The van der Waals surface area contributed by atoms with Crippen LogP contribution < -0.4 is 15.5 Å². The van der Waals surface area contributed by atoms with Crippen molar-refractivity contribution in [1.82, 2.24) is 25.1 Å². The molecule has 2 N–H and O–H groups in total. The molecule has 2 aromatic carbocycles. The highest BCUT2D eigenvalue weighted by Gasteiger charge is 2.66. The number of carbonyl (C=O) groups is 2. The number of para-hydroxylation sites is 1. The predicted molar refractivity (Wildman–Crippen MR) is 244 cm³/mol. The van der Waals surface area contributed by atoms with Gasteiger partial charge in [0.25, 0.3) is 5.91 Å². The van der Waals surface area contributed by atoms with Crippen LogP contribution in [0.4, 0.5) is 10.9 Å². The van der Waals surface area contributed by atoms with Crippen LogP contribution in [-0.4, -0.2) is 82.8 Å². The Morgan fingerprint density at radius 3 is 2.42 bits per heavy atom. The summed E-state index contributed by atoms with van der Waals surface area (Å²) in [4.78, 5) is 39.8. The number of hydrogen-bond acceptors (Lipinski definition) is 11. The van der Waals surface area contributed by atoms with Crippen molar-refractivity contribution in [1.29, 1.82) is 0 Å². The minimum absolute atomic E-state index is 0.0561.